The van der Waals surface area contributed by atoms with Gasteiger partial charge < -0.3 is 4.74 Å². The number of hydrogen-bond acceptors (Lipinski definition) is 3. The molecule has 0 saturated carbocycles. The van der Waals surface area contributed by atoms with Gasteiger partial charge in [0, 0.05) is 0 Å². The van der Waals surface area contributed by atoms with E-state index in [9.17, 15) is 4.79 Å². The summed E-state index contributed by atoms with van der Waals surface area (Å²) in [6.07, 6.45) is 0. The quantitative estimate of drug-likeness (QED) is 0.610. The zero-order valence-electron chi connectivity index (χ0n) is 10.4. The number of ether oxygens (including phenoxy) is 1. The van der Waals surface area contributed by atoms with Crippen LogP contribution in [0.2, 0.25) is 0 Å². The molecule has 0 heterocycles. The van der Waals surface area contributed by atoms with Crippen molar-refractivity contribution in [1.29, 1.82) is 5.26 Å². The maximum absolute atomic E-state index is 11.9. The second-order valence-corrected chi connectivity index (χ2v) is 4.63. The average molecular weight is 263 g/mol. The minimum atomic E-state index is -0.774. The topological polar surface area (TPSA) is 50.1 Å². The number of hydrogen-bond donors (Lipinski definition) is 0. The number of carbonyl (C=O) groups excluding carboxylic acids is 1. The molecule has 0 aromatic heterocycles. The van der Waals surface area contributed by atoms with Crippen molar-refractivity contribution in [1.82, 2.24) is 0 Å². The third-order valence-corrected chi connectivity index (χ3v) is 3.02. The van der Waals surface area contributed by atoms with Crippen LogP contribution in [-0.2, 0) is 16.1 Å². The van der Waals surface area contributed by atoms with Crippen molar-refractivity contribution in [2.24, 2.45) is 11.3 Å². The molecule has 0 aliphatic heterocycles. The SMILES string of the molecule is CC(C#N)C(C)(C)C(=O)OCc1ccccc1.[SiH4]. The van der Waals surface area contributed by atoms with Gasteiger partial charge in [0.1, 0.15) is 6.61 Å². The van der Waals surface area contributed by atoms with Crippen LogP contribution < -0.4 is 0 Å². The van der Waals surface area contributed by atoms with E-state index in [4.69, 9.17) is 10.00 Å². The second-order valence-electron chi connectivity index (χ2n) is 4.63. The molecule has 3 nitrogen and oxygen atoms in total. The third-order valence-electron chi connectivity index (χ3n) is 3.02. The standard InChI is InChI=1S/C14H17NO2.H4Si/c1-11(9-15)14(2,3)13(16)17-10-12-7-5-4-6-8-12;/h4-8,11H,10H2,1-3H3;1H4. The van der Waals surface area contributed by atoms with Gasteiger partial charge in [0.05, 0.1) is 17.4 Å². The van der Waals surface area contributed by atoms with Gasteiger partial charge in [0.25, 0.3) is 0 Å². The Kier molecular flexibility index (Phi) is 6.35. The highest BCUT2D eigenvalue weighted by molar-refractivity contribution is 5.76. The van der Waals surface area contributed by atoms with Crippen LogP contribution in [0.5, 0.6) is 0 Å². The van der Waals surface area contributed by atoms with Crippen molar-refractivity contribution in [2.45, 2.75) is 27.4 Å². The lowest BCUT2D eigenvalue weighted by atomic mass is 9.81. The normalized spacial score (nSPS) is 11.9. The van der Waals surface area contributed by atoms with Crippen molar-refractivity contribution in [3.8, 4) is 6.07 Å². The molecule has 4 heteroatoms. The molecule has 98 valence electrons. The van der Waals surface area contributed by atoms with E-state index >= 15 is 0 Å². The summed E-state index contributed by atoms with van der Waals surface area (Å²) >= 11 is 0. The van der Waals surface area contributed by atoms with Gasteiger partial charge in [-0.2, -0.15) is 5.26 Å². The maximum atomic E-state index is 11.9. The van der Waals surface area contributed by atoms with Crippen molar-refractivity contribution in [3.05, 3.63) is 35.9 Å². The summed E-state index contributed by atoms with van der Waals surface area (Å²) in [5.74, 6) is -0.707. The fourth-order valence-electron chi connectivity index (χ4n) is 1.25. The maximum Gasteiger partial charge on any atom is 0.313 e. The largest absolute Gasteiger partial charge is 0.460 e. The smallest absolute Gasteiger partial charge is 0.313 e. The summed E-state index contributed by atoms with van der Waals surface area (Å²) in [6.45, 7) is 5.44. The Morgan fingerprint density at radius 2 is 1.94 bits per heavy atom. The van der Waals surface area contributed by atoms with Gasteiger partial charge in [-0.1, -0.05) is 30.3 Å². The molecular formula is C14H21NO2Si. The molecule has 1 unspecified atom stereocenters. The first kappa shape index (κ1) is 16.4. The molecule has 1 aromatic rings. The van der Waals surface area contributed by atoms with E-state index < -0.39 is 5.41 Å². The first-order valence-corrected chi connectivity index (χ1v) is 5.59. The number of nitrogens with zero attached hydrogens (tertiary/aromatic N) is 1. The summed E-state index contributed by atoms with van der Waals surface area (Å²) < 4.78 is 5.23. The fourth-order valence-corrected chi connectivity index (χ4v) is 1.25. The Bertz CT molecular complexity index is 423. The van der Waals surface area contributed by atoms with Gasteiger partial charge >= 0.3 is 5.97 Å². The van der Waals surface area contributed by atoms with Crippen molar-refractivity contribution in [2.75, 3.05) is 0 Å². The Morgan fingerprint density at radius 1 is 1.39 bits per heavy atom. The van der Waals surface area contributed by atoms with Gasteiger partial charge in [0.2, 0.25) is 0 Å². The number of benzene rings is 1. The lowest BCUT2D eigenvalue weighted by Crippen LogP contribution is -2.32. The van der Waals surface area contributed by atoms with Crippen LogP contribution >= 0.6 is 0 Å². The fraction of sp³-hybridized carbons (Fsp3) is 0.429. The van der Waals surface area contributed by atoms with Gasteiger partial charge in [-0.25, -0.2) is 0 Å². The van der Waals surface area contributed by atoms with E-state index in [-0.39, 0.29) is 29.5 Å². The summed E-state index contributed by atoms with van der Waals surface area (Å²) in [5, 5.41) is 8.85. The molecule has 1 rings (SSSR count). The predicted molar refractivity (Wildman–Crippen MR) is 76.1 cm³/mol. The molecule has 0 amide bonds. The molecule has 0 N–H and O–H groups in total. The minimum absolute atomic E-state index is 0. The molecule has 0 saturated heterocycles. The Hall–Kier alpha value is -1.60. The molecule has 0 radical (unpaired) electrons. The van der Waals surface area contributed by atoms with Crippen LogP contribution in [0.15, 0.2) is 30.3 Å². The van der Waals surface area contributed by atoms with Crippen molar-refractivity contribution >= 4 is 16.9 Å². The molecule has 0 bridgehead atoms. The van der Waals surface area contributed by atoms with E-state index in [1.807, 2.05) is 30.3 Å². The van der Waals surface area contributed by atoms with Gasteiger partial charge in [-0.15, -0.1) is 0 Å². The molecule has 0 aliphatic rings. The highest BCUT2D eigenvalue weighted by Crippen LogP contribution is 2.27. The molecule has 18 heavy (non-hydrogen) atoms. The van der Waals surface area contributed by atoms with Gasteiger partial charge in [-0.05, 0) is 37.3 Å². The van der Waals surface area contributed by atoms with Crippen LogP contribution in [0.25, 0.3) is 0 Å². The monoisotopic (exact) mass is 263 g/mol. The van der Waals surface area contributed by atoms with Crippen LogP contribution in [0.3, 0.4) is 0 Å². The number of esters is 1. The number of rotatable bonds is 4. The van der Waals surface area contributed by atoms with Crippen molar-refractivity contribution < 1.29 is 9.53 Å². The minimum Gasteiger partial charge on any atom is -0.460 e. The number of nitriles is 1. The van der Waals surface area contributed by atoms with Crippen molar-refractivity contribution in [3.63, 3.8) is 0 Å². The highest BCUT2D eigenvalue weighted by Gasteiger charge is 2.35. The van der Waals surface area contributed by atoms with Crippen LogP contribution in [-0.4, -0.2) is 16.9 Å². The van der Waals surface area contributed by atoms with Crippen LogP contribution in [0.4, 0.5) is 0 Å². The summed E-state index contributed by atoms with van der Waals surface area (Å²) in [7, 11) is 0. The first-order chi connectivity index (χ1) is 7.98. The van der Waals surface area contributed by atoms with Gasteiger partial charge in [0.15, 0.2) is 0 Å². The van der Waals surface area contributed by atoms with Crippen LogP contribution in [0, 0.1) is 22.7 Å². The Balaban J connectivity index is 0.00000289. The van der Waals surface area contributed by atoms with E-state index in [1.165, 1.54) is 0 Å². The first-order valence-electron chi connectivity index (χ1n) is 5.59. The molecule has 0 spiro atoms. The summed E-state index contributed by atoms with van der Waals surface area (Å²) in [6, 6.07) is 11.6. The van der Waals surface area contributed by atoms with E-state index in [2.05, 4.69) is 6.07 Å². The lowest BCUT2D eigenvalue weighted by Gasteiger charge is -2.24. The second kappa shape index (κ2) is 6.97. The van der Waals surface area contributed by atoms with E-state index in [0.29, 0.717) is 0 Å². The molecule has 0 fully saturated rings. The predicted octanol–water partition coefficient (Wildman–Crippen LogP) is 1.46. The highest BCUT2D eigenvalue weighted by atomic mass is 28.1. The Morgan fingerprint density at radius 3 is 2.44 bits per heavy atom. The van der Waals surface area contributed by atoms with E-state index in [1.54, 1.807) is 20.8 Å². The van der Waals surface area contributed by atoms with Gasteiger partial charge in [-0.3, -0.25) is 4.79 Å². The average Bonchev–Trinajstić information content (AvgIpc) is 2.35. The van der Waals surface area contributed by atoms with Crippen LogP contribution in [0.1, 0.15) is 26.3 Å². The summed E-state index contributed by atoms with van der Waals surface area (Å²) in [5.41, 5.74) is 0.171. The lowest BCUT2D eigenvalue weighted by molar-refractivity contribution is -0.157. The zero-order valence-corrected chi connectivity index (χ0v) is 10.4. The molecule has 1 aromatic carbocycles. The molecular weight excluding hydrogens is 242 g/mol. The molecule has 1 atom stereocenters. The zero-order chi connectivity index (χ0) is 12.9. The number of carbonyl (C=O) groups is 1. The Labute approximate surface area is 113 Å². The van der Waals surface area contributed by atoms with E-state index in [0.717, 1.165) is 5.56 Å². The molecule has 0 aliphatic carbocycles. The third kappa shape index (κ3) is 4.01. The summed E-state index contributed by atoms with van der Waals surface area (Å²) in [4.78, 5) is 11.9.